The SMILES string of the molecule is CC(C)c1cc(-c2ccc(NC(=O)C3(c4cccc(C(F)(F)F)c4)CC3)cc2)c2c(N)nn(C)c2n1.COc1ccc(C2(C(=O)Nc3ccc(-c4cc(C(C)(C)C)nc5c4c(N)nn5C)cc3)CC2)cc1.Cn1nc(N)c2c(-c3ccc(NC(=O)C4(c5cccc(C(F)(F)F)c5)CC4)cc3)cc(C(C)(C)C)nc21.Cn1nc(N)c2c(-c3ccc(NC(=O)C4(c5ccccc5F)CC4)cc3)cc(C(C)(C)C)nc21. The van der Waals surface area contributed by atoms with E-state index in [9.17, 15) is 49.9 Å². The third-order valence-electron chi connectivity index (χ3n) is 27.3. The number of carbonyl (C=O) groups excluding carboxylic acids is 4. The van der Waals surface area contributed by atoms with Crippen molar-refractivity contribution in [1.82, 2.24) is 59.1 Å². The molecule has 4 saturated carbocycles. The maximum Gasteiger partial charge on any atom is 0.416 e. The van der Waals surface area contributed by atoms with Gasteiger partial charge in [-0.25, -0.2) is 43.1 Å². The van der Waals surface area contributed by atoms with Gasteiger partial charge in [0.05, 0.1) is 61.4 Å². The van der Waals surface area contributed by atoms with E-state index < -0.39 is 45.1 Å². The van der Waals surface area contributed by atoms with Crippen molar-refractivity contribution in [3.05, 3.63) is 280 Å². The Hall–Kier alpha value is -15.4. The number of hydrogen-bond acceptors (Lipinski definition) is 17. The number of alkyl halides is 6. The first-order valence-corrected chi connectivity index (χ1v) is 47.0. The molecular formula is C110H113F7N20O5. The van der Waals surface area contributed by atoms with Crippen LogP contribution in [-0.4, -0.2) is 89.8 Å². The average molecular weight is 1930 g/mol. The maximum atomic E-state index is 14.3. The predicted octanol–water partition coefficient (Wildman–Crippen LogP) is 22.8. The van der Waals surface area contributed by atoms with Crippen LogP contribution in [0.15, 0.2) is 218 Å². The first kappa shape index (κ1) is 98.2. The van der Waals surface area contributed by atoms with Crippen molar-refractivity contribution in [1.29, 1.82) is 0 Å². The summed E-state index contributed by atoms with van der Waals surface area (Å²) in [5.74, 6) is 1.54. The van der Waals surface area contributed by atoms with Gasteiger partial charge in [-0.05, 0) is 222 Å². The van der Waals surface area contributed by atoms with Crippen molar-refractivity contribution in [3.8, 4) is 50.3 Å². The van der Waals surface area contributed by atoms with Crippen LogP contribution in [0.5, 0.6) is 5.75 Å². The van der Waals surface area contributed by atoms with Crippen molar-refractivity contribution in [2.45, 2.75) is 184 Å². The summed E-state index contributed by atoms with van der Waals surface area (Å²) in [6.45, 7) is 23.2. The van der Waals surface area contributed by atoms with Crippen molar-refractivity contribution < 1.29 is 54.6 Å². The van der Waals surface area contributed by atoms with Crippen molar-refractivity contribution in [3.63, 3.8) is 0 Å². The molecule has 0 spiro atoms. The number of benzene rings is 8. The minimum Gasteiger partial charge on any atom is -0.497 e. The first-order valence-electron chi connectivity index (χ1n) is 47.0. The highest BCUT2D eigenvalue weighted by atomic mass is 19.4. The van der Waals surface area contributed by atoms with Crippen LogP contribution in [0.4, 0.5) is 76.8 Å². The van der Waals surface area contributed by atoms with Gasteiger partial charge in [0.1, 0.15) is 11.6 Å². The number of carbonyl (C=O) groups is 4. The molecule has 0 atom stereocenters. The molecule has 8 heterocycles. The van der Waals surface area contributed by atoms with Gasteiger partial charge >= 0.3 is 12.4 Å². The molecule has 4 aliphatic carbocycles. The van der Waals surface area contributed by atoms with Gasteiger partial charge in [0.15, 0.2) is 45.9 Å². The molecule has 0 saturated heterocycles. The molecule has 8 aromatic heterocycles. The number of aromatic nitrogens is 12. The molecule has 732 valence electrons. The molecule has 4 fully saturated rings. The number of hydrogen-bond donors (Lipinski definition) is 8. The average Bonchev–Trinajstić information content (AvgIpc) is 1.59. The Morgan fingerprint density at radius 3 is 0.908 bits per heavy atom. The topological polar surface area (TPSA) is 353 Å². The van der Waals surface area contributed by atoms with Crippen LogP contribution in [0.1, 0.15) is 190 Å². The third kappa shape index (κ3) is 19.4. The van der Waals surface area contributed by atoms with E-state index in [1.54, 1.807) is 94.5 Å². The predicted molar refractivity (Wildman–Crippen MR) is 544 cm³/mol. The Morgan fingerprint density at radius 1 is 0.352 bits per heavy atom. The second-order valence-electron chi connectivity index (χ2n) is 40.8. The molecule has 0 radical (unpaired) electrons. The summed E-state index contributed by atoms with van der Waals surface area (Å²) in [6.07, 6.45) is -3.93. The third-order valence-corrected chi connectivity index (χ3v) is 27.3. The second-order valence-corrected chi connectivity index (χ2v) is 40.8. The van der Waals surface area contributed by atoms with Gasteiger partial charge in [0.2, 0.25) is 23.6 Å². The van der Waals surface area contributed by atoms with E-state index in [0.29, 0.717) is 107 Å². The Balaban J connectivity index is 0.000000130. The number of nitrogens with zero attached hydrogens (tertiary/aromatic N) is 12. The Morgan fingerprint density at radius 2 is 0.634 bits per heavy atom. The lowest BCUT2D eigenvalue weighted by Crippen LogP contribution is -2.28. The number of methoxy groups -OCH3 is 1. The second kappa shape index (κ2) is 36.7. The number of pyridine rings is 4. The van der Waals surface area contributed by atoms with E-state index in [1.165, 1.54) is 18.2 Å². The lowest BCUT2D eigenvalue weighted by Gasteiger charge is -2.20. The number of aryl methyl sites for hydroxylation is 4. The monoisotopic (exact) mass is 1930 g/mol. The Labute approximate surface area is 816 Å². The van der Waals surface area contributed by atoms with Gasteiger partial charge in [0, 0.05) is 95.5 Å². The van der Waals surface area contributed by atoms with E-state index in [0.717, 1.165) is 154 Å². The zero-order chi connectivity index (χ0) is 102. The summed E-state index contributed by atoms with van der Waals surface area (Å²) in [7, 11) is 8.94. The standard InChI is InChI=1S/C28H28F3N5O.C28H31N5O2.C27H26F3N5O.C27H28FN5O/c1-26(2,3)21-15-20(22-23(32)35-36(4)24(22)34-21)16-8-10-19(11-9-16)33-25(37)27(12-13-27)17-6-5-7-18(14-17)28(29,30)31;1-27(2,3)22-16-21(23-24(29)32-33(4)25(23)31-22)17-6-10-19(11-7-17)30-26(34)28(14-15-28)18-8-12-20(35-5)13-9-18;1-15(2)21-14-20(22-23(31)34-35(3)24(22)33-21)16-7-9-19(10-8-16)32-25(36)26(11-12-26)17-5-4-6-18(13-17)27(28,29)30;1-26(2,3)21-15-18(22-23(29)32-33(4)24(22)31-21)16-9-11-17(12-10-16)30-25(34)27(13-14-27)19-7-5-6-8-20(19)28/h5-11,14-15H,12-13H2,1-4H3,(H2,32,35)(H,33,37);6-13,16H,14-15H2,1-5H3,(H2,29,32)(H,30,34);4-10,13-15H,11-12H2,1-3H3,(H2,31,34)(H,32,36);5-12,15H,13-14H2,1-4H3,(H2,29,32)(H,30,34). The van der Waals surface area contributed by atoms with Gasteiger partial charge in [-0.2, -0.15) is 46.7 Å². The smallest absolute Gasteiger partial charge is 0.416 e. The van der Waals surface area contributed by atoms with Gasteiger partial charge in [-0.15, -0.1) is 0 Å². The molecule has 12 N–H and O–H groups in total. The molecular weight excluding hydrogens is 1810 g/mol. The maximum absolute atomic E-state index is 14.3. The zero-order valence-electron chi connectivity index (χ0n) is 81.9. The lowest BCUT2D eigenvalue weighted by atomic mass is 9.89. The molecule has 0 aliphatic heterocycles. The summed E-state index contributed by atoms with van der Waals surface area (Å²) in [6, 6.07) is 62.7. The van der Waals surface area contributed by atoms with Gasteiger partial charge < -0.3 is 48.9 Å². The van der Waals surface area contributed by atoms with Gasteiger partial charge in [-0.1, -0.05) is 191 Å². The van der Waals surface area contributed by atoms with Crippen molar-refractivity contribution in [2.24, 2.45) is 28.2 Å². The molecule has 25 nitrogen and oxygen atoms in total. The summed E-state index contributed by atoms with van der Waals surface area (Å²) in [4.78, 5) is 71.7. The van der Waals surface area contributed by atoms with Gasteiger partial charge in [-0.3, -0.25) is 19.2 Å². The molecule has 20 rings (SSSR count). The van der Waals surface area contributed by atoms with Crippen LogP contribution in [0.25, 0.3) is 88.6 Å². The molecule has 142 heavy (non-hydrogen) atoms. The molecule has 0 bridgehead atoms. The van der Waals surface area contributed by atoms with Gasteiger partial charge in [0.25, 0.3) is 0 Å². The fourth-order valence-corrected chi connectivity index (χ4v) is 18.2. The minimum atomic E-state index is -4.46. The highest BCUT2D eigenvalue weighted by Gasteiger charge is 2.55. The highest BCUT2D eigenvalue weighted by Crippen LogP contribution is 2.55. The first-order chi connectivity index (χ1) is 67.0. The number of anilines is 8. The van der Waals surface area contributed by atoms with Crippen LogP contribution < -0.4 is 48.9 Å². The van der Waals surface area contributed by atoms with Crippen LogP contribution in [0, 0.1) is 5.82 Å². The van der Waals surface area contributed by atoms with E-state index >= 15 is 0 Å². The number of halogens is 7. The van der Waals surface area contributed by atoms with E-state index in [1.807, 2.05) is 123 Å². The van der Waals surface area contributed by atoms with E-state index in [4.69, 9.17) is 47.6 Å². The van der Waals surface area contributed by atoms with Crippen LogP contribution in [-0.2, 0) is 97.6 Å². The van der Waals surface area contributed by atoms with E-state index in [-0.39, 0.29) is 51.6 Å². The number of rotatable bonds is 18. The molecule has 32 heteroatoms. The van der Waals surface area contributed by atoms with Crippen LogP contribution in [0.2, 0.25) is 0 Å². The number of amides is 4. The molecule has 16 aromatic rings. The Bertz CT molecular complexity index is 7590. The highest BCUT2D eigenvalue weighted by molar-refractivity contribution is 6.08. The van der Waals surface area contributed by atoms with Crippen LogP contribution >= 0.6 is 0 Å². The fraction of sp³-hybridized carbons (Fsp3) is 0.309. The normalized spacial score (nSPS) is 14.9. The fourth-order valence-electron chi connectivity index (χ4n) is 18.2. The summed E-state index contributed by atoms with van der Waals surface area (Å²) in [5.41, 5.74) is 38.7. The summed E-state index contributed by atoms with van der Waals surface area (Å²) >= 11 is 0. The zero-order valence-corrected chi connectivity index (χ0v) is 81.9. The molecule has 8 aromatic carbocycles. The van der Waals surface area contributed by atoms with Crippen molar-refractivity contribution in [2.75, 3.05) is 51.3 Å². The number of fused-ring (bicyclic) bond motifs is 4. The quantitative estimate of drug-likeness (QED) is 0.0370. The number of ether oxygens (including phenoxy) is 1. The Kier molecular flexibility index (Phi) is 25.4. The van der Waals surface area contributed by atoms with E-state index in [2.05, 4.69) is 130 Å². The molecule has 4 aliphatic rings. The minimum absolute atomic E-state index is 0.0215. The largest absolute Gasteiger partial charge is 0.497 e. The molecule has 0 unspecified atom stereocenters. The number of nitrogens with one attached hydrogen (secondary N) is 4. The summed E-state index contributed by atoms with van der Waals surface area (Å²) < 4.78 is 105. The lowest BCUT2D eigenvalue weighted by molar-refractivity contribution is -0.138. The number of nitrogens with two attached hydrogens (primary N) is 4. The van der Waals surface area contributed by atoms with Crippen LogP contribution in [0.3, 0.4) is 0 Å². The summed E-state index contributed by atoms with van der Waals surface area (Å²) in [5, 5.41) is 32.5. The molecule has 4 amide bonds. The number of nitrogen functional groups attached to an aromatic ring is 4. The van der Waals surface area contributed by atoms with Crippen molar-refractivity contribution >= 4 is 114 Å².